The van der Waals surface area contributed by atoms with Gasteiger partial charge in [0.15, 0.2) is 0 Å². The molecule has 0 fully saturated rings. The molecule has 2 unspecified atom stereocenters. The van der Waals surface area contributed by atoms with Crippen molar-refractivity contribution >= 4 is 10.8 Å². The Hall–Kier alpha value is -1.38. The zero-order valence-electron chi connectivity index (χ0n) is 10.4. The molecule has 0 aromatic heterocycles. The molecule has 2 aromatic rings. The van der Waals surface area contributed by atoms with E-state index in [1.165, 1.54) is 16.3 Å². The highest BCUT2D eigenvalue weighted by atomic mass is 16.5. The standard InChI is InChI=1S/C15H19NO/c1-11(17-2)15(16)10-13-8-5-7-12-6-3-4-9-14(12)13/h3-9,11,15H,10,16H2,1-2H3. The Bertz CT molecular complexity index is 490. The molecule has 2 nitrogen and oxygen atoms in total. The Morgan fingerprint density at radius 3 is 2.59 bits per heavy atom. The Morgan fingerprint density at radius 2 is 1.82 bits per heavy atom. The van der Waals surface area contributed by atoms with E-state index in [1.54, 1.807) is 7.11 Å². The second kappa shape index (κ2) is 5.30. The van der Waals surface area contributed by atoms with Gasteiger partial charge in [0.05, 0.1) is 6.10 Å². The van der Waals surface area contributed by atoms with Crippen molar-refractivity contribution in [3.8, 4) is 0 Å². The van der Waals surface area contributed by atoms with E-state index in [1.807, 2.05) is 6.92 Å². The molecule has 0 saturated heterocycles. The first kappa shape index (κ1) is 12.1. The molecule has 0 aliphatic carbocycles. The summed E-state index contributed by atoms with van der Waals surface area (Å²) in [5, 5.41) is 2.55. The average Bonchev–Trinajstić information content (AvgIpc) is 2.38. The van der Waals surface area contributed by atoms with E-state index < -0.39 is 0 Å². The summed E-state index contributed by atoms with van der Waals surface area (Å²) in [6.45, 7) is 2.01. The van der Waals surface area contributed by atoms with Crippen molar-refractivity contribution in [2.75, 3.05) is 7.11 Å². The van der Waals surface area contributed by atoms with E-state index >= 15 is 0 Å². The lowest BCUT2D eigenvalue weighted by atomic mass is 9.97. The van der Waals surface area contributed by atoms with Crippen molar-refractivity contribution in [3.63, 3.8) is 0 Å². The van der Waals surface area contributed by atoms with E-state index in [0.717, 1.165) is 6.42 Å². The monoisotopic (exact) mass is 229 g/mol. The van der Waals surface area contributed by atoms with Gasteiger partial charge in [-0.25, -0.2) is 0 Å². The van der Waals surface area contributed by atoms with Crippen LogP contribution in [-0.2, 0) is 11.2 Å². The van der Waals surface area contributed by atoms with Crippen molar-refractivity contribution < 1.29 is 4.74 Å². The van der Waals surface area contributed by atoms with Gasteiger partial charge in [0.1, 0.15) is 0 Å². The van der Waals surface area contributed by atoms with Gasteiger partial charge in [-0.2, -0.15) is 0 Å². The highest BCUT2D eigenvalue weighted by Gasteiger charge is 2.13. The summed E-state index contributed by atoms with van der Waals surface area (Å²) >= 11 is 0. The first-order valence-corrected chi connectivity index (χ1v) is 5.97. The molecule has 0 aliphatic rings. The minimum absolute atomic E-state index is 0.0332. The summed E-state index contributed by atoms with van der Waals surface area (Å²) in [5.41, 5.74) is 7.42. The number of rotatable bonds is 4. The van der Waals surface area contributed by atoms with Gasteiger partial charge in [-0.1, -0.05) is 42.5 Å². The molecule has 90 valence electrons. The maximum atomic E-state index is 6.13. The Balaban J connectivity index is 2.30. The molecular formula is C15H19NO. The Morgan fingerprint density at radius 1 is 1.12 bits per heavy atom. The van der Waals surface area contributed by atoms with Crippen LogP contribution >= 0.6 is 0 Å². The smallest absolute Gasteiger partial charge is 0.0697 e. The van der Waals surface area contributed by atoms with Crippen molar-refractivity contribution in [1.82, 2.24) is 0 Å². The van der Waals surface area contributed by atoms with Crippen molar-refractivity contribution in [2.24, 2.45) is 5.73 Å². The van der Waals surface area contributed by atoms with Gasteiger partial charge in [0.25, 0.3) is 0 Å². The minimum atomic E-state index is 0.0332. The lowest BCUT2D eigenvalue weighted by Crippen LogP contribution is -2.35. The van der Waals surface area contributed by atoms with Crippen LogP contribution in [0.3, 0.4) is 0 Å². The number of benzene rings is 2. The zero-order chi connectivity index (χ0) is 12.3. The second-order valence-corrected chi connectivity index (χ2v) is 4.45. The van der Waals surface area contributed by atoms with Crippen LogP contribution in [-0.4, -0.2) is 19.3 Å². The van der Waals surface area contributed by atoms with Crippen LogP contribution in [0.1, 0.15) is 12.5 Å². The fourth-order valence-corrected chi connectivity index (χ4v) is 2.07. The van der Waals surface area contributed by atoms with E-state index in [9.17, 15) is 0 Å². The first-order valence-electron chi connectivity index (χ1n) is 5.97. The molecule has 2 atom stereocenters. The molecule has 2 N–H and O–H groups in total. The van der Waals surface area contributed by atoms with Crippen LogP contribution in [0, 0.1) is 0 Å². The molecule has 2 aromatic carbocycles. The predicted molar refractivity (Wildman–Crippen MR) is 72.1 cm³/mol. The number of hydrogen-bond acceptors (Lipinski definition) is 2. The van der Waals surface area contributed by atoms with Gasteiger partial charge in [0, 0.05) is 13.2 Å². The molecular weight excluding hydrogens is 210 g/mol. The molecule has 0 bridgehead atoms. The van der Waals surface area contributed by atoms with E-state index in [-0.39, 0.29) is 12.1 Å². The summed E-state index contributed by atoms with van der Waals surface area (Å²) < 4.78 is 5.27. The van der Waals surface area contributed by atoms with Crippen molar-refractivity contribution in [2.45, 2.75) is 25.5 Å². The Kier molecular flexibility index (Phi) is 3.77. The van der Waals surface area contributed by atoms with Crippen LogP contribution in [0.5, 0.6) is 0 Å². The molecule has 2 heteroatoms. The summed E-state index contributed by atoms with van der Waals surface area (Å²) in [6.07, 6.45) is 0.921. The van der Waals surface area contributed by atoms with Crippen LogP contribution in [0.25, 0.3) is 10.8 Å². The lowest BCUT2D eigenvalue weighted by Gasteiger charge is -2.19. The van der Waals surface area contributed by atoms with Gasteiger partial charge in [-0.05, 0) is 29.7 Å². The summed E-state index contributed by atoms with van der Waals surface area (Å²) in [5.74, 6) is 0. The van der Waals surface area contributed by atoms with Gasteiger partial charge >= 0.3 is 0 Å². The maximum absolute atomic E-state index is 6.13. The maximum Gasteiger partial charge on any atom is 0.0697 e. The summed E-state index contributed by atoms with van der Waals surface area (Å²) in [7, 11) is 1.70. The van der Waals surface area contributed by atoms with Crippen LogP contribution in [0.15, 0.2) is 42.5 Å². The largest absolute Gasteiger partial charge is 0.380 e. The predicted octanol–water partition coefficient (Wildman–Crippen LogP) is 2.74. The van der Waals surface area contributed by atoms with Gasteiger partial charge in [0.2, 0.25) is 0 Å². The molecule has 0 heterocycles. The lowest BCUT2D eigenvalue weighted by molar-refractivity contribution is 0.0957. The van der Waals surface area contributed by atoms with Crippen molar-refractivity contribution in [1.29, 1.82) is 0 Å². The molecule has 17 heavy (non-hydrogen) atoms. The van der Waals surface area contributed by atoms with Crippen molar-refractivity contribution in [3.05, 3.63) is 48.0 Å². The Labute approximate surface area is 102 Å². The van der Waals surface area contributed by atoms with Gasteiger partial charge in [-0.15, -0.1) is 0 Å². The van der Waals surface area contributed by atoms with Crippen LogP contribution in [0.2, 0.25) is 0 Å². The summed E-state index contributed by atoms with van der Waals surface area (Å²) in [4.78, 5) is 0. The SMILES string of the molecule is COC(C)C(N)Cc1cccc2ccccc12. The highest BCUT2D eigenvalue weighted by Crippen LogP contribution is 2.20. The van der Waals surface area contributed by atoms with Crippen LogP contribution < -0.4 is 5.73 Å². The second-order valence-electron chi connectivity index (χ2n) is 4.45. The van der Waals surface area contributed by atoms with Gasteiger partial charge in [-0.3, -0.25) is 0 Å². The average molecular weight is 229 g/mol. The fourth-order valence-electron chi connectivity index (χ4n) is 2.07. The number of fused-ring (bicyclic) bond motifs is 1. The third-order valence-corrected chi connectivity index (χ3v) is 3.31. The van der Waals surface area contributed by atoms with E-state index in [4.69, 9.17) is 10.5 Å². The molecule has 0 aliphatic heterocycles. The molecule has 0 saturated carbocycles. The minimum Gasteiger partial charge on any atom is -0.380 e. The number of methoxy groups -OCH3 is 1. The number of nitrogens with two attached hydrogens (primary N) is 1. The number of hydrogen-bond donors (Lipinski definition) is 1. The third-order valence-electron chi connectivity index (χ3n) is 3.31. The molecule has 0 amide bonds. The van der Waals surface area contributed by atoms with E-state index in [2.05, 4.69) is 42.5 Å². The quantitative estimate of drug-likeness (QED) is 0.875. The molecule has 2 rings (SSSR count). The first-order chi connectivity index (χ1) is 8.22. The topological polar surface area (TPSA) is 35.2 Å². The molecule has 0 radical (unpaired) electrons. The fraction of sp³-hybridized carbons (Fsp3) is 0.333. The van der Waals surface area contributed by atoms with Crippen LogP contribution in [0.4, 0.5) is 0 Å². The summed E-state index contributed by atoms with van der Waals surface area (Å²) in [6, 6.07) is 14.8. The molecule has 0 spiro atoms. The third kappa shape index (κ3) is 2.65. The zero-order valence-corrected chi connectivity index (χ0v) is 10.4. The normalized spacial score (nSPS) is 14.8. The van der Waals surface area contributed by atoms with E-state index in [0.29, 0.717) is 0 Å². The van der Waals surface area contributed by atoms with Gasteiger partial charge < -0.3 is 10.5 Å². The number of ether oxygens (including phenoxy) is 1. The highest BCUT2D eigenvalue weighted by molar-refractivity contribution is 5.85.